The van der Waals surface area contributed by atoms with Crippen molar-refractivity contribution in [2.45, 2.75) is 90.5 Å². The number of pyridine rings is 1. The van der Waals surface area contributed by atoms with Gasteiger partial charge in [0, 0.05) is 48.1 Å². The lowest BCUT2D eigenvalue weighted by Crippen LogP contribution is -2.41. The van der Waals surface area contributed by atoms with Gasteiger partial charge < -0.3 is 20.1 Å². The van der Waals surface area contributed by atoms with Crippen LogP contribution >= 0.6 is 11.6 Å². The van der Waals surface area contributed by atoms with Gasteiger partial charge in [-0.2, -0.15) is 5.10 Å². The molecular weight excluding hydrogens is 506 g/mol. The second-order valence-corrected chi connectivity index (χ2v) is 12.0. The molecule has 0 bridgehead atoms. The fourth-order valence-corrected chi connectivity index (χ4v) is 6.00. The summed E-state index contributed by atoms with van der Waals surface area (Å²) < 4.78 is 13.3. The van der Waals surface area contributed by atoms with Crippen molar-refractivity contribution >= 4 is 29.2 Å². The lowest BCUT2D eigenvalue weighted by atomic mass is 9.85. The summed E-state index contributed by atoms with van der Waals surface area (Å²) in [5.41, 5.74) is 3.12. The zero-order chi connectivity index (χ0) is 26.7. The van der Waals surface area contributed by atoms with E-state index < -0.39 is 0 Å². The van der Waals surface area contributed by atoms with E-state index in [0.717, 1.165) is 74.9 Å². The molecule has 3 atom stereocenters. The highest BCUT2D eigenvalue weighted by molar-refractivity contribution is 6.33. The first-order valence-electron chi connectivity index (χ1n) is 13.8. The number of anilines is 1. The van der Waals surface area contributed by atoms with Crippen LogP contribution in [0.25, 0.3) is 11.1 Å². The van der Waals surface area contributed by atoms with Gasteiger partial charge in [-0.15, -0.1) is 0 Å². The van der Waals surface area contributed by atoms with Crippen LogP contribution in [-0.2, 0) is 32.0 Å². The Labute approximate surface area is 229 Å². The summed E-state index contributed by atoms with van der Waals surface area (Å²) in [7, 11) is 0. The van der Waals surface area contributed by atoms with Crippen LogP contribution < -0.4 is 10.6 Å². The van der Waals surface area contributed by atoms with Crippen LogP contribution in [-0.4, -0.2) is 52.1 Å². The maximum atomic E-state index is 13.2. The Morgan fingerprint density at radius 1 is 1.18 bits per heavy atom. The van der Waals surface area contributed by atoms with Crippen molar-refractivity contribution in [3.8, 4) is 11.1 Å². The van der Waals surface area contributed by atoms with Gasteiger partial charge >= 0.3 is 0 Å². The molecule has 2 N–H and O–H groups in total. The van der Waals surface area contributed by atoms with Gasteiger partial charge in [0.05, 0.1) is 24.2 Å². The molecule has 0 aromatic carbocycles. The topological polar surface area (TPSA) is 107 Å². The van der Waals surface area contributed by atoms with E-state index >= 15 is 0 Å². The molecule has 4 heterocycles. The van der Waals surface area contributed by atoms with Gasteiger partial charge in [0.15, 0.2) is 6.29 Å². The van der Waals surface area contributed by atoms with Gasteiger partial charge in [0.25, 0.3) is 0 Å². The standard InChI is InChI=1S/C28H38ClN5O4/c1-28(2)14-23-21(15-31-34(23)17-28)20-13-24(30-16-22(20)29)33-27(36)18-6-5-7-19(12-18)32-25(35)9-11-38-26-8-3-4-10-37-26/h13,15-16,18-19,26H,3-12,14,17H2,1-2H3,(H,32,35)(H,30,33,36). The fraction of sp³-hybridized carbons (Fsp3) is 0.643. The van der Waals surface area contributed by atoms with Crippen molar-refractivity contribution in [1.82, 2.24) is 20.1 Å². The number of rotatable bonds is 8. The number of halogens is 1. The van der Waals surface area contributed by atoms with E-state index in [-0.39, 0.29) is 35.5 Å². The summed E-state index contributed by atoms with van der Waals surface area (Å²) in [4.78, 5) is 30.0. The SMILES string of the molecule is CC1(C)Cc2c(-c3cc(NC(=O)C4CCCC(NC(=O)CCOC5CCCCO5)C4)ncc3Cl)cnn2C1. The second kappa shape index (κ2) is 11.7. The van der Waals surface area contributed by atoms with Crippen LogP contribution in [0, 0.1) is 11.3 Å². The van der Waals surface area contributed by atoms with Crippen molar-refractivity contribution in [2.24, 2.45) is 11.3 Å². The number of carbonyl (C=O) groups is 2. The zero-order valence-corrected chi connectivity index (χ0v) is 23.1. The summed E-state index contributed by atoms with van der Waals surface area (Å²) in [5, 5.41) is 11.2. The minimum Gasteiger partial charge on any atom is -0.353 e. The maximum absolute atomic E-state index is 13.2. The maximum Gasteiger partial charge on any atom is 0.228 e. The Morgan fingerprint density at radius 2 is 2.05 bits per heavy atom. The van der Waals surface area contributed by atoms with E-state index in [4.69, 9.17) is 21.1 Å². The van der Waals surface area contributed by atoms with E-state index in [2.05, 4.69) is 34.6 Å². The summed E-state index contributed by atoms with van der Waals surface area (Å²) in [6.45, 7) is 6.39. The smallest absolute Gasteiger partial charge is 0.228 e. The molecule has 9 nitrogen and oxygen atoms in total. The van der Waals surface area contributed by atoms with Crippen molar-refractivity contribution in [3.63, 3.8) is 0 Å². The minimum atomic E-state index is -0.192. The average molecular weight is 544 g/mol. The molecule has 206 valence electrons. The Morgan fingerprint density at radius 3 is 2.87 bits per heavy atom. The largest absolute Gasteiger partial charge is 0.353 e. The quantitative estimate of drug-likeness (QED) is 0.498. The van der Waals surface area contributed by atoms with Crippen molar-refractivity contribution < 1.29 is 19.1 Å². The fourth-order valence-electron chi connectivity index (χ4n) is 5.80. The van der Waals surface area contributed by atoms with Gasteiger partial charge in [-0.3, -0.25) is 14.3 Å². The third-order valence-electron chi connectivity index (χ3n) is 7.75. The average Bonchev–Trinajstić information content (AvgIpc) is 3.41. The monoisotopic (exact) mass is 543 g/mol. The first-order valence-corrected chi connectivity index (χ1v) is 14.2. The summed E-state index contributed by atoms with van der Waals surface area (Å²) >= 11 is 6.53. The molecule has 2 aromatic rings. The normalized spacial score (nSPS) is 24.6. The van der Waals surface area contributed by atoms with E-state index in [0.29, 0.717) is 30.3 Å². The number of hydrogen-bond acceptors (Lipinski definition) is 6. The van der Waals surface area contributed by atoms with Crippen LogP contribution in [0.1, 0.15) is 70.9 Å². The highest BCUT2D eigenvalue weighted by Crippen LogP contribution is 2.39. The molecule has 1 saturated heterocycles. The molecule has 5 rings (SSSR count). The zero-order valence-electron chi connectivity index (χ0n) is 22.3. The van der Waals surface area contributed by atoms with Crippen LogP contribution in [0.3, 0.4) is 0 Å². The second-order valence-electron chi connectivity index (χ2n) is 11.6. The van der Waals surface area contributed by atoms with Crippen molar-refractivity contribution in [3.05, 3.63) is 29.2 Å². The third-order valence-corrected chi connectivity index (χ3v) is 8.05. The Balaban J connectivity index is 1.14. The molecule has 2 fully saturated rings. The van der Waals surface area contributed by atoms with E-state index in [9.17, 15) is 9.59 Å². The number of hydrogen-bond donors (Lipinski definition) is 2. The number of ether oxygens (including phenoxy) is 2. The molecule has 3 aliphatic rings. The highest BCUT2D eigenvalue weighted by atomic mass is 35.5. The van der Waals surface area contributed by atoms with Crippen LogP contribution in [0.4, 0.5) is 5.82 Å². The third kappa shape index (κ3) is 6.55. The number of carbonyl (C=O) groups excluding carboxylic acids is 2. The molecule has 10 heteroatoms. The van der Waals surface area contributed by atoms with Crippen molar-refractivity contribution in [1.29, 1.82) is 0 Å². The van der Waals surface area contributed by atoms with Gasteiger partial charge in [-0.25, -0.2) is 4.98 Å². The lowest BCUT2D eigenvalue weighted by molar-refractivity contribution is -0.164. The van der Waals surface area contributed by atoms with Gasteiger partial charge in [-0.05, 0) is 56.4 Å². The summed E-state index contributed by atoms with van der Waals surface area (Å²) in [6.07, 6.45) is 10.6. The molecule has 38 heavy (non-hydrogen) atoms. The summed E-state index contributed by atoms with van der Waals surface area (Å²) in [5.74, 6) is 0.152. The van der Waals surface area contributed by atoms with Gasteiger partial charge in [-0.1, -0.05) is 31.9 Å². The molecule has 3 unspecified atom stereocenters. The molecule has 0 spiro atoms. The number of amides is 2. The summed E-state index contributed by atoms with van der Waals surface area (Å²) in [6, 6.07) is 1.81. The Kier molecular flexibility index (Phi) is 8.35. The predicted octanol–water partition coefficient (Wildman–Crippen LogP) is 4.73. The van der Waals surface area contributed by atoms with Crippen LogP contribution in [0.5, 0.6) is 0 Å². The van der Waals surface area contributed by atoms with Crippen molar-refractivity contribution in [2.75, 3.05) is 18.5 Å². The van der Waals surface area contributed by atoms with E-state index in [1.54, 1.807) is 6.20 Å². The van der Waals surface area contributed by atoms with Gasteiger partial charge in [0.2, 0.25) is 11.8 Å². The minimum absolute atomic E-state index is 0.0231. The Bertz CT molecular complexity index is 1160. The molecular formula is C28H38ClN5O4. The Hall–Kier alpha value is -2.49. The van der Waals surface area contributed by atoms with Crippen LogP contribution in [0.15, 0.2) is 18.5 Å². The number of aromatic nitrogens is 3. The molecule has 2 amide bonds. The predicted molar refractivity (Wildman–Crippen MR) is 145 cm³/mol. The van der Waals surface area contributed by atoms with Gasteiger partial charge in [0.1, 0.15) is 5.82 Å². The van der Waals surface area contributed by atoms with E-state index in [1.165, 1.54) is 0 Å². The number of fused-ring (bicyclic) bond motifs is 1. The number of nitrogens with one attached hydrogen (secondary N) is 2. The number of nitrogens with zero attached hydrogens (tertiary/aromatic N) is 3. The molecule has 0 radical (unpaired) electrons. The molecule has 2 aromatic heterocycles. The lowest BCUT2D eigenvalue weighted by Gasteiger charge is -2.29. The first-order chi connectivity index (χ1) is 18.3. The molecule has 2 aliphatic heterocycles. The molecule has 1 aliphatic carbocycles. The first kappa shape index (κ1) is 27.1. The van der Waals surface area contributed by atoms with E-state index in [1.807, 2.05) is 16.9 Å². The highest BCUT2D eigenvalue weighted by Gasteiger charge is 2.32. The van der Waals surface area contributed by atoms with Crippen LogP contribution in [0.2, 0.25) is 5.02 Å². The molecule has 1 saturated carbocycles.